The van der Waals surface area contributed by atoms with Gasteiger partial charge in [0.05, 0.1) is 13.2 Å². The van der Waals surface area contributed by atoms with Crippen molar-refractivity contribution in [2.75, 3.05) is 33.4 Å². The molecule has 0 heterocycles. The quantitative estimate of drug-likeness (QED) is 0.676. The summed E-state index contributed by atoms with van der Waals surface area (Å²) in [4.78, 5) is 13.9. The predicted molar refractivity (Wildman–Crippen MR) is 90.8 cm³/mol. The molecule has 1 amide bonds. The molecule has 0 spiro atoms. The second-order valence-corrected chi connectivity index (χ2v) is 6.24. The van der Waals surface area contributed by atoms with Gasteiger partial charge in [-0.1, -0.05) is 38.1 Å². The fourth-order valence-electron chi connectivity index (χ4n) is 2.12. The van der Waals surface area contributed by atoms with Crippen molar-refractivity contribution in [1.29, 1.82) is 0 Å². The zero-order valence-electron chi connectivity index (χ0n) is 14.4. The van der Waals surface area contributed by atoms with Crippen molar-refractivity contribution < 1.29 is 9.53 Å². The highest BCUT2D eigenvalue weighted by Crippen LogP contribution is 2.09. The van der Waals surface area contributed by atoms with Gasteiger partial charge in [0.1, 0.15) is 0 Å². The third-order valence-electron chi connectivity index (χ3n) is 3.52. The maximum Gasteiger partial charge on any atom is 0.234 e. The van der Waals surface area contributed by atoms with Crippen LogP contribution in [0.4, 0.5) is 0 Å². The molecule has 0 aliphatic carbocycles. The summed E-state index contributed by atoms with van der Waals surface area (Å²) >= 11 is 0. The van der Waals surface area contributed by atoms with Crippen molar-refractivity contribution in [2.45, 2.75) is 33.7 Å². The Balaban J connectivity index is 2.15. The van der Waals surface area contributed by atoms with Gasteiger partial charge in [-0.25, -0.2) is 0 Å². The van der Waals surface area contributed by atoms with Crippen LogP contribution in [-0.2, 0) is 16.1 Å². The van der Waals surface area contributed by atoms with Crippen LogP contribution < -0.4 is 5.32 Å². The van der Waals surface area contributed by atoms with Gasteiger partial charge in [0.2, 0.25) is 5.91 Å². The molecule has 1 N–H and O–H groups in total. The first-order valence-corrected chi connectivity index (χ1v) is 8.06. The van der Waals surface area contributed by atoms with Crippen LogP contribution in [0.1, 0.15) is 31.4 Å². The maximum absolute atomic E-state index is 11.9. The first kappa shape index (κ1) is 18.7. The lowest BCUT2D eigenvalue weighted by molar-refractivity contribution is -0.122. The molecule has 0 aromatic heterocycles. The normalized spacial score (nSPS) is 11.2. The monoisotopic (exact) mass is 306 g/mol. The minimum atomic E-state index is 0.0449. The molecule has 0 atom stereocenters. The van der Waals surface area contributed by atoms with Crippen LogP contribution in [0.5, 0.6) is 0 Å². The number of benzene rings is 1. The molecular formula is C18H30N2O2. The molecule has 0 saturated carbocycles. The highest BCUT2D eigenvalue weighted by atomic mass is 16.5. The number of aryl methyl sites for hydroxylation is 1. The SMILES string of the molecule is Cc1ccccc1CN(C)CC(=O)NCCOCCC(C)C. The van der Waals surface area contributed by atoms with E-state index in [0.717, 1.165) is 19.6 Å². The average molecular weight is 306 g/mol. The third kappa shape index (κ3) is 8.15. The van der Waals surface area contributed by atoms with Crippen molar-refractivity contribution in [3.8, 4) is 0 Å². The number of rotatable bonds is 10. The highest BCUT2D eigenvalue weighted by molar-refractivity contribution is 5.77. The minimum absolute atomic E-state index is 0.0449. The van der Waals surface area contributed by atoms with E-state index in [9.17, 15) is 4.79 Å². The van der Waals surface area contributed by atoms with E-state index in [1.807, 2.05) is 24.1 Å². The fraction of sp³-hybridized carbons (Fsp3) is 0.611. The van der Waals surface area contributed by atoms with Gasteiger partial charge in [-0.15, -0.1) is 0 Å². The molecule has 4 nitrogen and oxygen atoms in total. The van der Waals surface area contributed by atoms with Crippen LogP contribution in [0.2, 0.25) is 0 Å². The summed E-state index contributed by atoms with van der Waals surface area (Å²) in [5.41, 5.74) is 2.52. The number of hydrogen-bond donors (Lipinski definition) is 1. The van der Waals surface area contributed by atoms with E-state index < -0.39 is 0 Å². The Hall–Kier alpha value is -1.39. The number of nitrogens with zero attached hydrogens (tertiary/aromatic N) is 1. The fourth-order valence-corrected chi connectivity index (χ4v) is 2.12. The molecule has 0 unspecified atom stereocenters. The summed E-state index contributed by atoms with van der Waals surface area (Å²) in [5, 5.41) is 2.90. The van der Waals surface area contributed by atoms with Gasteiger partial charge in [-0.05, 0) is 37.4 Å². The van der Waals surface area contributed by atoms with Gasteiger partial charge >= 0.3 is 0 Å². The van der Waals surface area contributed by atoms with Crippen LogP contribution in [0.25, 0.3) is 0 Å². The lowest BCUT2D eigenvalue weighted by Gasteiger charge is -2.17. The lowest BCUT2D eigenvalue weighted by atomic mass is 10.1. The molecule has 0 fully saturated rings. The van der Waals surface area contributed by atoms with Crippen molar-refractivity contribution in [2.24, 2.45) is 5.92 Å². The molecule has 1 rings (SSSR count). The van der Waals surface area contributed by atoms with Crippen LogP contribution in [0, 0.1) is 12.8 Å². The molecule has 1 aromatic rings. The summed E-state index contributed by atoms with van der Waals surface area (Å²) in [6.45, 7) is 9.56. The largest absolute Gasteiger partial charge is 0.380 e. The van der Waals surface area contributed by atoms with Gasteiger partial charge in [-0.2, -0.15) is 0 Å². The zero-order chi connectivity index (χ0) is 16.4. The first-order chi connectivity index (χ1) is 10.5. The number of amides is 1. The Morgan fingerprint density at radius 2 is 2.00 bits per heavy atom. The maximum atomic E-state index is 11.9. The Kier molecular flexibility index (Phi) is 8.78. The van der Waals surface area contributed by atoms with E-state index >= 15 is 0 Å². The number of likely N-dealkylation sites (N-methyl/N-ethyl adjacent to an activating group) is 1. The number of carbonyl (C=O) groups is 1. The molecule has 0 bridgehead atoms. The standard InChI is InChI=1S/C18H30N2O2/c1-15(2)9-11-22-12-10-19-18(21)14-20(4)13-17-8-6-5-7-16(17)3/h5-8,15H,9-14H2,1-4H3,(H,19,21). The smallest absolute Gasteiger partial charge is 0.234 e. The number of ether oxygens (including phenoxy) is 1. The van der Waals surface area contributed by atoms with E-state index in [4.69, 9.17) is 4.74 Å². The van der Waals surface area contributed by atoms with E-state index in [2.05, 4.69) is 38.2 Å². The summed E-state index contributed by atoms with van der Waals surface area (Å²) in [7, 11) is 1.96. The van der Waals surface area contributed by atoms with Crippen molar-refractivity contribution in [3.63, 3.8) is 0 Å². The predicted octanol–water partition coefficient (Wildman–Crippen LogP) is 2.61. The van der Waals surface area contributed by atoms with Crippen LogP contribution in [-0.4, -0.2) is 44.2 Å². The highest BCUT2D eigenvalue weighted by Gasteiger charge is 2.07. The second kappa shape index (κ2) is 10.4. The Morgan fingerprint density at radius 3 is 2.68 bits per heavy atom. The van der Waals surface area contributed by atoms with Gasteiger partial charge in [0, 0.05) is 19.7 Å². The molecule has 4 heteroatoms. The van der Waals surface area contributed by atoms with Crippen LogP contribution >= 0.6 is 0 Å². The Labute approximate surface area is 134 Å². The van der Waals surface area contributed by atoms with Gasteiger partial charge in [-0.3, -0.25) is 9.69 Å². The first-order valence-electron chi connectivity index (χ1n) is 8.06. The van der Waals surface area contributed by atoms with Gasteiger partial charge in [0.25, 0.3) is 0 Å². The molecule has 0 aliphatic heterocycles. The van der Waals surface area contributed by atoms with E-state index in [0.29, 0.717) is 25.6 Å². The van der Waals surface area contributed by atoms with Crippen molar-refractivity contribution >= 4 is 5.91 Å². The van der Waals surface area contributed by atoms with E-state index in [1.54, 1.807) is 0 Å². The minimum Gasteiger partial charge on any atom is -0.380 e. The summed E-state index contributed by atoms with van der Waals surface area (Å²) < 4.78 is 5.48. The summed E-state index contributed by atoms with van der Waals surface area (Å²) in [5.74, 6) is 0.702. The zero-order valence-corrected chi connectivity index (χ0v) is 14.4. The average Bonchev–Trinajstić information content (AvgIpc) is 2.44. The number of nitrogens with one attached hydrogen (secondary N) is 1. The van der Waals surface area contributed by atoms with E-state index in [1.165, 1.54) is 11.1 Å². The topological polar surface area (TPSA) is 41.6 Å². The van der Waals surface area contributed by atoms with Crippen molar-refractivity contribution in [3.05, 3.63) is 35.4 Å². The number of carbonyl (C=O) groups excluding carboxylic acids is 1. The molecule has 0 aliphatic rings. The second-order valence-electron chi connectivity index (χ2n) is 6.24. The molecule has 0 radical (unpaired) electrons. The molecule has 0 saturated heterocycles. The van der Waals surface area contributed by atoms with Crippen molar-refractivity contribution in [1.82, 2.24) is 10.2 Å². The third-order valence-corrected chi connectivity index (χ3v) is 3.52. The Bertz CT molecular complexity index is 446. The summed E-state index contributed by atoms with van der Waals surface area (Å²) in [6, 6.07) is 8.26. The molecule has 22 heavy (non-hydrogen) atoms. The lowest BCUT2D eigenvalue weighted by Crippen LogP contribution is -2.36. The molecular weight excluding hydrogens is 276 g/mol. The number of hydrogen-bond acceptors (Lipinski definition) is 3. The molecule has 124 valence electrons. The van der Waals surface area contributed by atoms with Gasteiger partial charge in [0.15, 0.2) is 0 Å². The van der Waals surface area contributed by atoms with Crippen LogP contribution in [0.3, 0.4) is 0 Å². The van der Waals surface area contributed by atoms with E-state index in [-0.39, 0.29) is 5.91 Å². The Morgan fingerprint density at radius 1 is 1.27 bits per heavy atom. The molecule has 1 aromatic carbocycles. The van der Waals surface area contributed by atoms with Gasteiger partial charge < -0.3 is 10.1 Å². The van der Waals surface area contributed by atoms with Crippen LogP contribution in [0.15, 0.2) is 24.3 Å². The summed E-state index contributed by atoms with van der Waals surface area (Å²) in [6.07, 6.45) is 1.06.